The van der Waals surface area contributed by atoms with Gasteiger partial charge >= 0.3 is 0 Å². The zero-order valence-corrected chi connectivity index (χ0v) is 15.4. The largest absolute Gasteiger partial charge is 0.326 e. The van der Waals surface area contributed by atoms with Crippen LogP contribution in [0.2, 0.25) is 0 Å². The highest BCUT2D eigenvalue weighted by atomic mass is 79.9. The predicted molar refractivity (Wildman–Crippen MR) is 95.4 cm³/mol. The van der Waals surface area contributed by atoms with Gasteiger partial charge < -0.3 is 5.32 Å². The summed E-state index contributed by atoms with van der Waals surface area (Å²) in [6.07, 6.45) is -0.0781. The number of benzene rings is 2. The smallest absolute Gasteiger partial charge is 0.225 e. The van der Waals surface area contributed by atoms with E-state index in [-0.39, 0.29) is 23.0 Å². The number of nitrogens with one attached hydrogen (secondary N) is 1. The van der Waals surface area contributed by atoms with Gasteiger partial charge in [-0.05, 0) is 61.4 Å². The number of carbonyl (C=O) groups excluding carboxylic acids is 1. The molecule has 0 aromatic heterocycles. The van der Waals surface area contributed by atoms with Gasteiger partial charge in [-0.3, -0.25) is 4.79 Å². The standard InChI is InChI=1S/C17H18BrNO3S/c1-12-3-8-16(11-13(12)2)23(21,22)10-9-17(20)19-15-6-4-14(18)5-7-15/h3-8,11H,9-10H2,1-2H3,(H,19,20). The van der Waals surface area contributed by atoms with Gasteiger partial charge in [0.1, 0.15) is 0 Å². The zero-order chi connectivity index (χ0) is 17.0. The minimum Gasteiger partial charge on any atom is -0.326 e. The van der Waals surface area contributed by atoms with E-state index >= 15 is 0 Å². The topological polar surface area (TPSA) is 63.2 Å². The molecule has 1 N–H and O–H groups in total. The fourth-order valence-electron chi connectivity index (χ4n) is 2.01. The molecule has 23 heavy (non-hydrogen) atoms. The number of carbonyl (C=O) groups is 1. The molecule has 1 amide bonds. The second-order valence-electron chi connectivity index (χ2n) is 5.37. The maximum Gasteiger partial charge on any atom is 0.225 e. The van der Waals surface area contributed by atoms with Crippen molar-refractivity contribution in [2.75, 3.05) is 11.1 Å². The van der Waals surface area contributed by atoms with E-state index in [1.807, 2.05) is 13.8 Å². The Hall–Kier alpha value is -1.66. The monoisotopic (exact) mass is 395 g/mol. The van der Waals surface area contributed by atoms with Crippen LogP contribution in [0.1, 0.15) is 17.5 Å². The molecular weight excluding hydrogens is 378 g/mol. The minimum atomic E-state index is -3.46. The molecule has 0 atom stereocenters. The first-order valence-electron chi connectivity index (χ1n) is 7.13. The molecule has 0 fully saturated rings. The number of amides is 1. The molecule has 0 spiro atoms. The molecule has 0 bridgehead atoms. The van der Waals surface area contributed by atoms with Gasteiger partial charge in [-0.1, -0.05) is 22.0 Å². The SMILES string of the molecule is Cc1ccc(S(=O)(=O)CCC(=O)Nc2ccc(Br)cc2)cc1C. The molecule has 0 heterocycles. The lowest BCUT2D eigenvalue weighted by molar-refractivity contribution is -0.115. The van der Waals surface area contributed by atoms with Crippen LogP contribution in [-0.4, -0.2) is 20.1 Å². The van der Waals surface area contributed by atoms with Gasteiger partial charge in [-0.25, -0.2) is 8.42 Å². The molecule has 0 radical (unpaired) electrons. The minimum absolute atomic E-state index is 0.0781. The van der Waals surface area contributed by atoms with Crippen molar-refractivity contribution >= 4 is 37.4 Å². The number of anilines is 1. The van der Waals surface area contributed by atoms with Crippen molar-refractivity contribution in [1.29, 1.82) is 0 Å². The summed E-state index contributed by atoms with van der Waals surface area (Å²) >= 11 is 3.31. The molecule has 0 aliphatic carbocycles. The molecule has 6 heteroatoms. The van der Waals surface area contributed by atoms with Gasteiger partial charge in [-0.15, -0.1) is 0 Å². The molecule has 2 aromatic carbocycles. The van der Waals surface area contributed by atoms with Gasteiger partial charge in [0.2, 0.25) is 5.91 Å². The van der Waals surface area contributed by atoms with E-state index in [9.17, 15) is 13.2 Å². The maximum atomic E-state index is 12.3. The van der Waals surface area contributed by atoms with Gasteiger partial charge in [-0.2, -0.15) is 0 Å². The summed E-state index contributed by atoms with van der Waals surface area (Å²) in [4.78, 5) is 12.2. The lowest BCUT2D eigenvalue weighted by Gasteiger charge is -2.08. The van der Waals surface area contributed by atoms with Crippen LogP contribution in [0.4, 0.5) is 5.69 Å². The molecule has 0 aliphatic rings. The van der Waals surface area contributed by atoms with Crippen LogP contribution in [0, 0.1) is 13.8 Å². The quantitative estimate of drug-likeness (QED) is 0.835. The summed E-state index contributed by atoms with van der Waals surface area (Å²) in [5.41, 5.74) is 2.60. The van der Waals surface area contributed by atoms with Crippen LogP contribution >= 0.6 is 15.9 Å². The van der Waals surface area contributed by atoms with E-state index in [4.69, 9.17) is 0 Å². The second kappa shape index (κ2) is 7.27. The van der Waals surface area contributed by atoms with Crippen molar-refractivity contribution in [3.05, 3.63) is 58.1 Å². The Kier molecular flexibility index (Phi) is 5.59. The number of hydrogen-bond donors (Lipinski definition) is 1. The van der Waals surface area contributed by atoms with Crippen LogP contribution in [-0.2, 0) is 14.6 Å². The highest BCUT2D eigenvalue weighted by Crippen LogP contribution is 2.18. The van der Waals surface area contributed by atoms with E-state index in [1.54, 1.807) is 42.5 Å². The van der Waals surface area contributed by atoms with Crippen LogP contribution in [0.15, 0.2) is 51.8 Å². The normalized spacial score (nSPS) is 11.3. The number of halogens is 1. The van der Waals surface area contributed by atoms with Crippen molar-refractivity contribution < 1.29 is 13.2 Å². The molecule has 2 rings (SSSR count). The number of sulfone groups is 1. The van der Waals surface area contributed by atoms with Crippen molar-refractivity contribution in [2.45, 2.75) is 25.2 Å². The Morgan fingerprint density at radius 2 is 1.70 bits per heavy atom. The van der Waals surface area contributed by atoms with E-state index in [2.05, 4.69) is 21.2 Å². The third-order valence-electron chi connectivity index (χ3n) is 3.56. The lowest BCUT2D eigenvalue weighted by atomic mass is 10.1. The average molecular weight is 396 g/mol. The van der Waals surface area contributed by atoms with E-state index in [0.29, 0.717) is 5.69 Å². The molecule has 4 nitrogen and oxygen atoms in total. The first-order valence-corrected chi connectivity index (χ1v) is 9.58. The van der Waals surface area contributed by atoms with Crippen LogP contribution in [0.3, 0.4) is 0 Å². The fraction of sp³-hybridized carbons (Fsp3) is 0.235. The van der Waals surface area contributed by atoms with Gasteiger partial charge in [0.25, 0.3) is 0 Å². The van der Waals surface area contributed by atoms with Gasteiger partial charge in [0, 0.05) is 16.6 Å². The van der Waals surface area contributed by atoms with Gasteiger partial charge in [0.05, 0.1) is 10.6 Å². The van der Waals surface area contributed by atoms with Crippen molar-refractivity contribution in [3.8, 4) is 0 Å². The summed E-state index contributed by atoms with van der Waals surface area (Å²) in [6, 6.07) is 12.1. The average Bonchev–Trinajstić information content (AvgIpc) is 2.50. The highest BCUT2D eigenvalue weighted by molar-refractivity contribution is 9.10. The predicted octanol–water partition coefficient (Wildman–Crippen LogP) is 3.87. The van der Waals surface area contributed by atoms with Gasteiger partial charge in [0.15, 0.2) is 9.84 Å². The van der Waals surface area contributed by atoms with Crippen LogP contribution in [0.25, 0.3) is 0 Å². The Bertz CT molecular complexity index is 814. The van der Waals surface area contributed by atoms with E-state index < -0.39 is 9.84 Å². The summed E-state index contributed by atoms with van der Waals surface area (Å²) in [6.45, 7) is 3.80. The molecule has 0 saturated heterocycles. The van der Waals surface area contributed by atoms with Crippen molar-refractivity contribution in [2.24, 2.45) is 0 Å². The summed E-state index contributed by atoms with van der Waals surface area (Å²) in [7, 11) is -3.46. The summed E-state index contributed by atoms with van der Waals surface area (Å²) in [5.74, 6) is -0.530. The summed E-state index contributed by atoms with van der Waals surface area (Å²) < 4.78 is 25.5. The Morgan fingerprint density at radius 1 is 1.04 bits per heavy atom. The molecule has 122 valence electrons. The number of rotatable bonds is 5. The van der Waals surface area contributed by atoms with Crippen molar-refractivity contribution in [1.82, 2.24) is 0 Å². The molecule has 0 saturated carbocycles. The Morgan fingerprint density at radius 3 is 2.30 bits per heavy atom. The van der Waals surface area contributed by atoms with Crippen LogP contribution < -0.4 is 5.32 Å². The number of aryl methyl sites for hydroxylation is 2. The fourth-order valence-corrected chi connectivity index (χ4v) is 3.59. The Labute approximate surface area is 145 Å². The van der Waals surface area contributed by atoms with E-state index in [0.717, 1.165) is 15.6 Å². The van der Waals surface area contributed by atoms with E-state index in [1.165, 1.54) is 0 Å². The molecule has 0 aliphatic heterocycles. The maximum absolute atomic E-state index is 12.3. The third-order valence-corrected chi connectivity index (χ3v) is 5.81. The highest BCUT2D eigenvalue weighted by Gasteiger charge is 2.17. The lowest BCUT2D eigenvalue weighted by Crippen LogP contribution is -2.17. The zero-order valence-electron chi connectivity index (χ0n) is 13.0. The molecule has 0 unspecified atom stereocenters. The first-order chi connectivity index (χ1) is 10.8. The third kappa shape index (κ3) is 4.91. The first kappa shape index (κ1) is 17.7. The molecule has 2 aromatic rings. The van der Waals surface area contributed by atoms with Crippen molar-refractivity contribution in [3.63, 3.8) is 0 Å². The Balaban J connectivity index is 1.99. The molecular formula is C17H18BrNO3S. The summed E-state index contributed by atoms with van der Waals surface area (Å²) in [5, 5.41) is 2.69. The van der Waals surface area contributed by atoms with Crippen LogP contribution in [0.5, 0.6) is 0 Å². The second-order valence-corrected chi connectivity index (χ2v) is 8.39. The number of hydrogen-bond acceptors (Lipinski definition) is 3.